The zero-order valence-corrected chi connectivity index (χ0v) is 13.5. The molecule has 0 bridgehead atoms. The van der Waals surface area contributed by atoms with Gasteiger partial charge in [-0.1, -0.05) is 25.5 Å². The van der Waals surface area contributed by atoms with Crippen molar-refractivity contribution in [2.75, 3.05) is 27.2 Å². The second-order valence-corrected chi connectivity index (χ2v) is 4.81. The van der Waals surface area contributed by atoms with E-state index in [1.54, 1.807) is 14.2 Å². The van der Waals surface area contributed by atoms with E-state index in [4.69, 9.17) is 9.47 Å². The number of hydrogen-bond acceptors (Lipinski definition) is 3. The van der Waals surface area contributed by atoms with Crippen molar-refractivity contribution in [3.8, 4) is 11.5 Å². The SMILES string of the molecule is CCCCNC(=NC)NCC(C)Oc1ccccc1OC. The lowest BCUT2D eigenvalue weighted by Gasteiger charge is -2.19. The summed E-state index contributed by atoms with van der Waals surface area (Å²) in [4.78, 5) is 4.19. The van der Waals surface area contributed by atoms with Gasteiger partial charge < -0.3 is 20.1 Å². The van der Waals surface area contributed by atoms with Gasteiger partial charge in [0.15, 0.2) is 17.5 Å². The van der Waals surface area contributed by atoms with E-state index < -0.39 is 0 Å². The van der Waals surface area contributed by atoms with Crippen LogP contribution in [0.4, 0.5) is 0 Å². The lowest BCUT2D eigenvalue weighted by atomic mass is 10.3. The molecule has 0 aliphatic carbocycles. The van der Waals surface area contributed by atoms with E-state index in [0.717, 1.165) is 36.8 Å². The van der Waals surface area contributed by atoms with Crippen molar-refractivity contribution in [1.82, 2.24) is 10.6 Å². The van der Waals surface area contributed by atoms with Crippen LogP contribution in [0.3, 0.4) is 0 Å². The van der Waals surface area contributed by atoms with Crippen LogP contribution in [-0.4, -0.2) is 39.3 Å². The third kappa shape index (κ3) is 6.38. The third-order valence-electron chi connectivity index (χ3n) is 3.00. The number of nitrogens with zero attached hydrogens (tertiary/aromatic N) is 1. The molecule has 0 aliphatic heterocycles. The van der Waals surface area contributed by atoms with Crippen LogP contribution in [0, 0.1) is 0 Å². The van der Waals surface area contributed by atoms with Crippen molar-refractivity contribution in [2.24, 2.45) is 4.99 Å². The normalized spacial score (nSPS) is 12.7. The van der Waals surface area contributed by atoms with E-state index in [0.29, 0.717) is 6.54 Å². The van der Waals surface area contributed by atoms with Crippen LogP contribution in [0.25, 0.3) is 0 Å². The van der Waals surface area contributed by atoms with E-state index in [1.807, 2.05) is 31.2 Å². The summed E-state index contributed by atoms with van der Waals surface area (Å²) in [6, 6.07) is 7.65. The number of para-hydroxylation sites is 2. The van der Waals surface area contributed by atoms with Gasteiger partial charge in [0, 0.05) is 13.6 Å². The standard InChI is InChI=1S/C16H27N3O2/c1-5-6-11-18-16(17-3)19-12-13(2)21-15-10-8-7-9-14(15)20-4/h7-10,13H,5-6,11-12H2,1-4H3,(H2,17,18,19). The number of methoxy groups -OCH3 is 1. The van der Waals surface area contributed by atoms with Crippen molar-refractivity contribution >= 4 is 5.96 Å². The fourth-order valence-corrected chi connectivity index (χ4v) is 1.82. The van der Waals surface area contributed by atoms with Crippen molar-refractivity contribution in [3.05, 3.63) is 24.3 Å². The summed E-state index contributed by atoms with van der Waals surface area (Å²) in [5.41, 5.74) is 0. The first-order chi connectivity index (χ1) is 10.2. The summed E-state index contributed by atoms with van der Waals surface area (Å²) in [5.74, 6) is 2.30. The van der Waals surface area contributed by atoms with Gasteiger partial charge in [-0.15, -0.1) is 0 Å². The molecule has 1 atom stereocenters. The topological polar surface area (TPSA) is 54.9 Å². The molecule has 5 heteroatoms. The fourth-order valence-electron chi connectivity index (χ4n) is 1.82. The predicted molar refractivity (Wildman–Crippen MR) is 87.4 cm³/mol. The maximum absolute atomic E-state index is 5.89. The predicted octanol–water partition coefficient (Wildman–Crippen LogP) is 2.43. The second-order valence-electron chi connectivity index (χ2n) is 4.81. The Hall–Kier alpha value is -1.91. The molecule has 118 valence electrons. The van der Waals surface area contributed by atoms with Gasteiger partial charge in [0.25, 0.3) is 0 Å². The largest absolute Gasteiger partial charge is 0.493 e. The molecule has 0 aromatic heterocycles. The summed E-state index contributed by atoms with van der Waals surface area (Å²) >= 11 is 0. The van der Waals surface area contributed by atoms with Crippen molar-refractivity contribution in [2.45, 2.75) is 32.8 Å². The molecule has 0 aliphatic rings. The van der Waals surface area contributed by atoms with Crippen molar-refractivity contribution < 1.29 is 9.47 Å². The average molecular weight is 293 g/mol. The first-order valence-corrected chi connectivity index (χ1v) is 7.45. The van der Waals surface area contributed by atoms with Gasteiger partial charge in [0.2, 0.25) is 0 Å². The van der Waals surface area contributed by atoms with E-state index in [-0.39, 0.29) is 6.10 Å². The molecule has 0 fully saturated rings. The maximum Gasteiger partial charge on any atom is 0.191 e. The summed E-state index contributed by atoms with van der Waals surface area (Å²) < 4.78 is 11.2. The molecule has 0 heterocycles. The summed E-state index contributed by atoms with van der Waals surface area (Å²) in [6.07, 6.45) is 2.30. The molecular weight excluding hydrogens is 266 g/mol. The Bertz CT molecular complexity index is 435. The average Bonchev–Trinajstić information content (AvgIpc) is 2.51. The van der Waals surface area contributed by atoms with Crippen molar-refractivity contribution in [1.29, 1.82) is 0 Å². The molecule has 5 nitrogen and oxygen atoms in total. The van der Waals surface area contributed by atoms with Gasteiger partial charge in [-0.05, 0) is 25.5 Å². The quantitative estimate of drug-likeness (QED) is 0.439. The third-order valence-corrected chi connectivity index (χ3v) is 3.00. The molecule has 0 spiro atoms. The Morgan fingerprint density at radius 3 is 2.57 bits per heavy atom. The molecule has 0 radical (unpaired) electrons. The number of rotatable bonds is 8. The highest BCUT2D eigenvalue weighted by atomic mass is 16.5. The molecular formula is C16H27N3O2. The van der Waals surface area contributed by atoms with Crippen LogP contribution >= 0.6 is 0 Å². The van der Waals surface area contributed by atoms with Crippen LogP contribution in [0.2, 0.25) is 0 Å². The zero-order chi connectivity index (χ0) is 15.5. The van der Waals surface area contributed by atoms with Crippen LogP contribution in [0.1, 0.15) is 26.7 Å². The number of ether oxygens (including phenoxy) is 2. The zero-order valence-electron chi connectivity index (χ0n) is 13.5. The van der Waals surface area contributed by atoms with Crippen LogP contribution in [0.5, 0.6) is 11.5 Å². The molecule has 2 N–H and O–H groups in total. The molecule has 0 saturated heterocycles. The monoisotopic (exact) mass is 293 g/mol. The Morgan fingerprint density at radius 1 is 1.24 bits per heavy atom. The number of hydrogen-bond donors (Lipinski definition) is 2. The lowest BCUT2D eigenvalue weighted by Crippen LogP contribution is -2.42. The maximum atomic E-state index is 5.89. The van der Waals surface area contributed by atoms with E-state index in [2.05, 4.69) is 22.5 Å². The summed E-state index contributed by atoms with van der Waals surface area (Å²) in [7, 11) is 3.41. The van der Waals surface area contributed by atoms with Gasteiger partial charge in [0.05, 0.1) is 13.7 Å². The second kappa shape index (κ2) is 9.91. The highest BCUT2D eigenvalue weighted by Gasteiger charge is 2.09. The van der Waals surface area contributed by atoms with Crippen molar-refractivity contribution in [3.63, 3.8) is 0 Å². The van der Waals surface area contributed by atoms with E-state index in [9.17, 15) is 0 Å². The fraction of sp³-hybridized carbons (Fsp3) is 0.562. The Morgan fingerprint density at radius 2 is 1.95 bits per heavy atom. The number of nitrogens with one attached hydrogen (secondary N) is 2. The molecule has 1 aromatic carbocycles. The van der Waals surface area contributed by atoms with Crippen LogP contribution < -0.4 is 20.1 Å². The van der Waals surface area contributed by atoms with Gasteiger partial charge in [0.1, 0.15) is 6.10 Å². The molecule has 1 unspecified atom stereocenters. The van der Waals surface area contributed by atoms with Crippen LogP contribution in [0.15, 0.2) is 29.3 Å². The minimum absolute atomic E-state index is 0.00558. The van der Waals surface area contributed by atoms with Gasteiger partial charge in [-0.25, -0.2) is 0 Å². The molecule has 1 aromatic rings. The smallest absolute Gasteiger partial charge is 0.191 e. The van der Waals surface area contributed by atoms with E-state index in [1.165, 1.54) is 0 Å². The van der Waals surface area contributed by atoms with Gasteiger partial charge in [-0.3, -0.25) is 4.99 Å². The highest BCUT2D eigenvalue weighted by Crippen LogP contribution is 2.26. The first kappa shape index (κ1) is 17.1. The Labute approximate surface area is 127 Å². The molecule has 21 heavy (non-hydrogen) atoms. The van der Waals surface area contributed by atoms with Crippen LogP contribution in [-0.2, 0) is 0 Å². The molecule has 0 saturated carbocycles. The summed E-state index contributed by atoms with van der Waals surface area (Å²) in [6.45, 7) is 5.78. The number of benzene rings is 1. The lowest BCUT2D eigenvalue weighted by molar-refractivity contribution is 0.213. The first-order valence-electron chi connectivity index (χ1n) is 7.45. The number of unbranched alkanes of at least 4 members (excludes halogenated alkanes) is 1. The Kier molecular flexibility index (Phi) is 8.09. The molecule has 0 amide bonds. The minimum Gasteiger partial charge on any atom is -0.493 e. The van der Waals surface area contributed by atoms with Gasteiger partial charge >= 0.3 is 0 Å². The summed E-state index contributed by atoms with van der Waals surface area (Å²) in [5, 5.41) is 6.53. The Balaban J connectivity index is 2.40. The van der Waals surface area contributed by atoms with Gasteiger partial charge in [-0.2, -0.15) is 0 Å². The van der Waals surface area contributed by atoms with E-state index >= 15 is 0 Å². The number of guanidine groups is 1. The molecule has 1 rings (SSSR count). The highest BCUT2D eigenvalue weighted by molar-refractivity contribution is 5.79. The minimum atomic E-state index is 0.00558. The number of aliphatic imine (C=N–C) groups is 1.